The second-order valence-electron chi connectivity index (χ2n) is 6.41. The van der Waals surface area contributed by atoms with Crippen LogP contribution in [0.5, 0.6) is 0 Å². The SMILES string of the molecule is Cc1c(C(F)(F)F)cccc1C1(O)CC2CCCC(C1)N2. The molecule has 0 spiro atoms. The van der Waals surface area contributed by atoms with Gasteiger partial charge in [0.1, 0.15) is 0 Å². The number of benzene rings is 1. The number of hydrogen-bond acceptors (Lipinski definition) is 2. The Hall–Kier alpha value is -1.07. The Bertz CT molecular complexity index is 529. The molecule has 2 fully saturated rings. The second-order valence-corrected chi connectivity index (χ2v) is 6.41. The average Bonchev–Trinajstić information content (AvgIpc) is 2.36. The molecule has 3 rings (SSSR count). The number of rotatable bonds is 1. The van der Waals surface area contributed by atoms with Crippen molar-refractivity contribution >= 4 is 0 Å². The van der Waals surface area contributed by atoms with E-state index in [4.69, 9.17) is 0 Å². The van der Waals surface area contributed by atoms with Crippen molar-refractivity contribution in [1.82, 2.24) is 5.32 Å². The molecule has 2 atom stereocenters. The number of fused-ring (bicyclic) bond motifs is 2. The van der Waals surface area contributed by atoms with Gasteiger partial charge in [-0.1, -0.05) is 18.6 Å². The Labute approximate surface area is 122 Å². The van der Waals surface area contributed by atoms with Crippen LogP contribution in [0.15, 0.2) is 18.2 Å². The van der Waals surface area contributed by atoms with Gasteiger partial charge in [-0.3, -0.25) is 0 Å². The van der Waals surface area contributed by atoms with E-state index in [0.29, 0.717) is 18.4 Å². The lowest BCUT2D eigenvalue weighted by atomic mass is 9.72. The minimum absolute atomic E-state index is 0.160. The Kier molecular flexibility index (Phi) is 3.53. The van der Waals surface area contributed by atoms with Crippen LogP contribution < -0.4 is 5.32 Å². The molecule has 2 saturated heterocycles. The molecule has 0 aromatic heterocycles. The molecule has 2 nitrogen and oxygen atoms in total. The van der Waals surface area contributed by atoms with E-state index in [1.165, 1.54) is 13.0 Å². The van der Waals surface area contributed by atoms with Gasteiger partial charge in [-0.2, -0.15) is 13.2 Å². The van der Waals surface area contributed by atoms with Gasteiger partial charge >= 0.3 is 6.18 Å². The number of nitrogens with one attached hydrogen (secondary N) is 1. The Balaban J connectivity index is 2.00. The first-order valence-electron chi connectivity index (χ1n) is 7.45. The van der Waals surface area contributed by atoms with Crippen LogP contribution in [0.1, 0.15) is 48.8 Å². The van der Waals surface area contributed by atoms with Gasteiger partial charge < -0.3 is 10.4 Å². The average molecular weight is 299 g/mol. The van der Waals surface area contributed by atoms with Gasteiger partial charge in [-0.25, -0.2) is 0 Å². The van der Waals surface area contributed by atoms with E-state index in [2.05, 4.69) is 5.32 Å². The summed E-state index contributed by atoms with van der Waals surface area (Å²) in [4.78, 5) is 0. The molecule has 0 radical (unpaired) electrons. The fourth-order valence-electron chi connectivity index (χ4n) is 4.00. The molecule has 116 valence electrons. The van der Waals surface area contributed by atoms with Crippen molar-refractivity contribution < 1.29 is 18.3 Å². The predicted octanol–water partition coefficient (Wildman–Crippen LogP) is 3.51. The molecular formula is C16H20F3NO. The van der Waals surface area contributed by atoms with Gasteiger partial charge in [0.25, 0.3) is 0 Å². The Morgan fingerprint density at radius 2 is 1.81 bits per heavy atom. The fourth-order valence-corrected chi connectivity index (χ4v) is 4.00. The first-order chi connectivity index (χ1) is 9.79. The summed E-state index contributed by atoms with van der Waals surface area (Å²) in [6, 6.07) is 4.55. The van der Waals surface area contributed by atoms with Crippen molar-refractivity contribution in [3.63, 3.8) is 0 Å². The highest BCUT2D eigenvalue weighted by molar-refractivity contribution is 5.40. The minimum atomic E-state index is -4.38. The molecule has 1 aromatic rings. The third-order valence-electron chi connectivity index (χ3n) is 4.89. The lowest BCUT2D eigenvalue weighted by Crippen LogP contribution is -2.54. The predicted molar refractivity (Wildman–Crippen MR) is 73.9 cm³/mol. The maximum Gasteiger partial charge on any atom is 0.416 e. The number of aliphatic hydroxyl groups is 1. The van der Waals surface area contributed by atoms with Gasteiger partial charge in [0.2, 0.25) is 0 Å². The molecule has 0 saturated carbocycles. The van der Waals surface area contributed by atoms with E-state index in [-0.39, 0.29) is 17.6 Å². The van der Waals surface area contributed by atoms with E-state index in [1.807, 2.05) is 0 Å². The van der Waals surface area contributed by atoms with Crippen LogP contribution in [0, 0.1) is 6.92 Å². The summed E-state index contributed by atoms with van der Waals surface area (Å²) in [6.45, 7) is 1.47. The van der Waals surface area contributed by atoms with Crippen LogP contribution in [0.4, 0.5) is 13.2 Å². The van der Waals surface area contributed by atoms with Crippen LogP contribution in [0.3, 0.4) is 0 Å². The van der Waals surface area contributed by atoms with Crippen molar-refractivity contribution in [2.45, 2.75) is 62.9 Å². The third kappa shape index (κ3) is 2.69. The van der Waals surface area contributed by atoms with Crippen LogP contribution in [-0.2, 0) is 11.8 Å². The van der Waals surface area contributed by atoms with Gasteiger partial charge in [-0.15, -0.1) is 0 Å². The summed E-state index contributed by atoms with van der Waals surface area (Å²) < 4.78 is 39.2. The van der Waals surface area contributed by atoms with E-state index < -0.39 is 17.3 Å². The summed E-state index contributed by atoms with van der Waals surface area (Å²) in [6.07, 6.45) is -0.301. The van der Waals surface area contributed by atoms with Crippen molar-refractivity contribution in [2.24, 2.45) is 0 Å². The molecule has 21 heavy (non-hydrogen) atoms. The van der Waals surface area contributed by atoms with Gasteiger partial charge in [0.15, 0.2) is 0 Å². The zero-order valence-electron chi connectivity index (χ0n) is 12.0. The molecule has 0 aliphatic carbocycles. The van der Waals surface area contributed by atoms with Crippen molar-refractivity contribution in [1.29, 1.82) is 0 Å². The highest BCUT2D eigenvalue weighted by Crippen LogP contribution is 2.43. The molecule has 2 aliphatic rings. The van der Waals surface area contributed by atoms with Crippen LogP contribution in [0.2, 0.25) is 0 Å². The van der Waals surface area contributed by atoms with E-state index >= 15 is 0 Å². The molecule has 2 aliphatic heterocycles. The normalized spacial score (nSPS) is 33.0. The van der Waals surface area contributed by atoms with Gasteiger partial charge in [0.05, 0.1) is 11.2 Å². The maximum absolute atomic E-state index is 13.1. The minimum Gasteiger partial charge on any atom is -0.385 e. The molecular weight excluding hydrogens is 279 g/mol. The smallest absolute Gasteiger partial charge is 0.385 e. The quantitative estimate of drug-likeness (QED) is 0.832. The van der Waals surface area contributed by atoms with E-state index in [9.17, 15) is 18.3 Å². The van der Waals surface area contributed by atoms with E-state index in [0.717, 1.165) is 25.3 Å². The van der Waals surface area contributed by atoms with E-state index in [1.54, 1.807) is 6.07 Å². The topological polar surface area (TPSA) is 32.3 Å². The zero-order valence-corrected chi connectivity index (χ0v) is 12.0. The van der Waals surface area contributed by atoms with Crippen molar-refractivity contribution in [3.05, 3.63) is 34.9 Å². The summed E-state index contributed by atoms with van der Waals surface area (Å²) in [5, 5.41) is 14.5. The highest BCUT2D eigenvalue weighted by Gasteiger charge is 2.44. The molecule has 2 heterocycles. The summed E-state index contributed by atoms with van der Waals surface area (Å²) in [7, 11) is 0. The first-order valence-corrected chi connectivity index (χ1v) is 7.45. The summed E-state index contributed by atoms with van der Waals surface area (Å²) in [5.41, 5.74) is -1.19. The number of alkyl halides is 3. The number of hydrogen-bond donors (Lipinski definition) is 2. The van der Waals surface area contributed by atoms with Gasteiger partial charge in [0, 0.05) is 12.1 Å². The monoisotopic (exact) mass is 299 g/mol. The number of piperidine rings is 2. The van der Waals surface area contributed by atoms with Crippen molar-refractivity contribution in [2.75, 3.05) is 0 Å². The molecule has 2 unspecified atom stereocenters. The molecule has 1 aromatic carbocycles. The van der Waals surface area contributed by atoms with Crippen LogP contribution in [0.25, 0.3) is 0 Å². The lowest BCUT2D eigenvalue weighted by Gasteiger charge is -2.46. The Morgan fingerprint density at radius 1 is 1.19 bits per heavy atom. The zero-order chi connectivity index (χ0) is 15.3. The number of halogens is 3. The van der Waals surface area contributed by atoms with Crippen LogP contribution in [-0.4, -0.2) is 17.2 Å². The highest BCUT2D eigenvalue weighted by atomic mass is 19.4. The third-order valence-corrected chi connectivity index (χ3v) is 4.89. The lowest BCUT2D eigenvalue weighted by molar-refractivity contribution is -0.138. The summed E-state index contributed by atoms with van der Waals surface area (Å²) in [5.74, 6) is 0. The van der Waals surface area contributed by atoms with Crippen molar-refractivity contribution in [3.8, 4) is 0 Å². The molecule has 2 N–H and O–H groups in total. The largest absolute Gasteiger partial charge is 0.416 e. The fraction of sp³-hybridized carbons (Fsp3) is 0.625. The molecule has 2 bridgehead atoms. The first kappa shape index (κ1) is 14.9. The van der Waals surface area contributed by atoms with Gasteiger partial charge in [-0.05, 0) is 49.8 Å². The Morgan fingerprint density at radius 3 is 2.38 bits per heavy atom. The second kappa shape index (κ2) is 4.99. The maximum atomic E-state index is 13.1. The van der Waals surface area contributed by atoms with Crippen LogP contribution >= 0.6 is 0 Å². The standard InChI is InChI=1S/C16H20F3NO/c1-10-13(6-3-7-14(10)16(17,18)19)15(21)8-11-4-2-5-12(9-15)20-11/h3,6-7,11-12,20-21H,2,4-5,8-9H2,1H3. The molecule has 0 amide bonds. The summed E-state index contributed by atoms with van der Waals surface area (Å²) >= 11 is 0. The molecule has 5 heteroatoms.